The van der Waals surface area contributed by atoms with Gasteiger partial charge in [-0.3, -0.25) is 0 Å². The van der Waals surface area contributed by atoms with Crippen molar-refractivity contribution in [1.82, 2.24) is 0 Å². The largest absolute Gasteiger partial charge is 0.459 e. The van der Waals surface area contributed by atoms with E-state index in [1.54, 1.807) is 11.3 Å². The molecule has 4 rings (SSSR count). The molecule has 0 saturated heterocycles. The number of rotatable bonds is 2. The van der Waals surface area contributed by atoms with Gasteiger partial charge in [0.15, 0.2) is 0 Å². The summed E-state index contributed by atoms with van der Waals surface area (Å²) in [6, 6.07) is 16.4. The van der Waals surface area contributed by atoms with Crippen LogP contribution in [-0.2, 0) is 0 Å². The van der Waals surface area contributed by atoms with Crippen molar-refractivity contribution >= 4 is 32.4 Å². The molecule has 2 heterocycles. The Labute approximate surface area is 126 Å². The van der Waals surface area contributed by atoms with Gasteiger partial charge in [-0.2, -0.15) is 0 Å². The van der Waals surface area contributed by atoms with Crippen LogP contribution in [0.25, 0.3) is 21.1 Å². The lowest BCUT2D eigenvalue weighted by atomic mass is 10.0. The molecule has 0 bridgehead atoms. The first-order chi connectivity index (χ1) is 10.2. The minimum absolute atomic E-state index is 0.228. The summed E-state index contributed by atoms with van der Waals surface area (Å²) in [6.07, 6.45) is 0. The van der Waals surface area contributed by atoms with Crippen molar-refractivity contribution in [1.29, 1.82) is 0 Å². The zero-order valence-electron chi connectivity index (χ0n) is 11.7. The van der Waals surface area contributed by atoms with E-state index in [0.717, 1.165) is 22.3 Å². The Morgan fingerprint density at radius 1 is 1.10 bits per heavy atom. The molecule has 0 spiro atoms. The van der Waals surface area contributed by atoms with E-state index >= 15 is 0 Å². The lowest BCUT2D eigenvalue weighted by molar-refractivity contribution is 0.526. The zero-order valence-corrected chi connectivity index (χ0v) is 12.5. The summed E-state index contributed by atoms with van der Waals surface area (Å²) in [7, 11) is 0. The fraction of sp³-hybridized carbons (Fsp3) is 0.111. The van der Waals surface area contributed by atoms with Gasteiger partial charge in [-0.1, -0.05) is 29.8 Å². The Bertz CT molecular complexity index is 935. The summed E-state index contributed by atoms with van der Waals surface area (Å²) in [6.45, 7) is 2.08. The molecule has 1 atom stereocenters. The highest BCUT2D eigenvalue weighted by Crippen LogP contribution is 2.34. The van der Waals surface area contributed by atoms with Gasteiger partial charge in [0.1, 0.15) is 11.3 Å². The van der Waals surface area contributed by atoms with Gasteiger partial charge in [0.2, 0.25) is 0 Å². The third-order valence-electron chi connectivity index (χ3n) is 3.84. The summed E-state index contributed by atoms with van der Waals surface area (Å²) in [5.41, 5.74) is 9.69. The van der Waals surface area contributed by atoms with Crippen molar-refractivity contribution in [3.05, 3.63) is 70.8 Å². The first kappa shape index (κ1) is 12.6. The summed E-state index contributed by atoms with van der Waals surface area (Å²) in [5, 5.41) is 4.46. The molecule has 0 amide bonds. The van der Waals surface area contributed by atoms with Crippen molar-refractivity contribution in [2.45, 2.75) is 13.0 Å². The van der Waals surface area contributed by atoms with Crippen LogP contribution in [-0.4, -0.2) is 0 Å². The molecule has 2 nitrogen and oxygen atoms in total. The van der Waals surface area contributed by atoms with Gasteiger partial charge in [0.25, 0.3) is 0 Å². The van der Waals surface area contributed by atoms with E-state index in [4.69, 9.17) is 10.2 Å². The molecule has 2 aromatic heterocycles. The maximum Gasteiger partial charge on any atom is 0.134 e. The SMILES string of the molecule is Cc1ccc2oc(C(N)c3csc4ccccc34)cc2c1. The Morgan fingerprint density at radius 3 is 2.86 bits per heavy atom. The van der Waals surface area contributed by atoms with Gasteiger partial charge in [-0.25, -0.2) is 0 Å². The lowest BCUT2D eigenvalue weighted by Gasteiger charge is -2.07. The van der Waals surface area contributed by atoms with Gasteiger partial charge in [0.05, 0.1) is 6.04 Å². The average Bonchev–Trinajstić information content (AvgIpc) is 3.09. The van der Waals surface area contributed by atoms with E-state index < -0.39 is 0 Å². The highest BCUT2D eigenvalue weighted by Gasteiger charge is 2.17. The Balaban J connectivity index is 1.83. The molecule has 0 aliphatic carbocycles. The maximum atomic E-state index is 6.44. The van der Waals surface area contributed by atoms with Crippen LogP contribution >= 0.6 is 11.3 Å². The van der Waals surface area contributed by atoms with E-state index in [1.165, 1.54) is 15.6 Å². The molecule has 4 aromatic rings. The number of nitrogens with two attached hydrogens (primary N) is 1. The summed E-state index contributed by atoms with van der Waals surface area (Å²) in [5.74, 6) is 0.819. The number of hydrogen-bond donors (Lipinski definition) is 1. The maximum absolute atomic E-state index is 6.44. The monoisotopic (exact) mass is 293 g/mol. The van der Waals surface area contributed by atoms with Gasteiger partial charge >= 0.3 is 0 Å². The van der Waals surface area contributed by atoms with E-state index in [0.29, 0.717) is 0 Å². The highest BCUT2D eigenvalue weighted by atomic mass is 32.1. The van der Waals surface area contributed by atoms with Gasteiger partial charge in [0, 0.05) is 10.1 Å². The molecular weight excluding hydrogens is 278 g/mol. The minimum atomic E-state index is -0.228. The van der Waals surface area contributed by atoms with E-state index in [2.05, 4.69) is 48.7 Å². The van der Waals surface area contributed by atoms with E-state index in [1.807, 2.05) is 12.1 Å². The fourth-order valence-corrected chi connectivity index (χ4v) is 3.73. The number of hydrogen-bond acceptors (Lipinski definition) is 3. The molecular formula is C18H15NOS. The molecule has 3 heteroatoms. The quantitative estimate of drug-likeness (QED) is 0.564. The second-order valence-electron chi connectivity index (χ2n) is 5.35. The van der Waals surface area contributed by atoms with Gasteiger partial charge < -0.3 is 10.2 Å². The summed E-state index contributed by atoms with van der Waals surface area (Å²) in [4.78, 5) is 0. The Hall–Kier alpha value is -2.10. The van der Waals surface area contributed by atoms with Crippen molar-refractivity contribution < 1.29 is 4.42 Å². The third kappa shape index (κ3) is 2.06. The lowest BCUT2D eigenvalue weighted by Crippen LogP contribution is -2.10. The normalized spacial score (nSPS) is 13.0. The van der Waals surface area contributed by atoms with Crippen molar-refractivity contribution in [3.63, 3.8) is 0 Å². The first-order valence-corrected chi connectivity index (χ1v) is 7.82. The molecule has 2 N–H and O–H groups in total. The molecule has 21 heavy (non-hydrogen) atoms. The van der Waals surface area contributed by atoms with Crippen LogP contribution in [0, 0.1) is 6.92 Å². The van der Waals surface area contributed by atoms with Crippen LogP contribution in [0.3, 0.4) is 0 Å². The number of fused-ring (bicyclic) bond motifs is 2. The fourth-order valence-electron chi connectivity index (χ4n) is 2.73. The predicted molar refractivity (Wildman–Crippen MR) is 88.8 cm³/mol. The van der Waals surface area contributed by atoms with Crippen LogP contribution in [0.2, 0.25) is 0 Å². The molecule has 0 fully saturated rings. The van der Waals surface area contributed by atoms with Crippen LogP contribution in [0.5, 0.6) is 0 Å². The second kappa shape index (κ2) is 4.72. The molecule has 0 aliphatic rings. The molecule has 104 valence electrons. The first-order valence-electron chi connectivity index (χ1n) is 6.94. The van der Waals surface area contributed by atoms with Gasteiger partial charge in [-0.05, 0) is 47.5 Å². The van der Waals surface area contributed by atoms with Crippen LogP contribution in [0.4, 0.5) is 0 Å². The molecule has 1 unspecified atom stereocenters. The zero-order chi connectivity index (χ0) is 14.4. The second-order valence-corrected chi connectivity index (χ2v) is 6.27. The number of furan rings is 1. The molecule has 0 radical (unpaired) electrons. The predicted octanol–water partition coefficient (Wildman–Crippen LogP) is 5.00. The minimum Gasteiger partial charge on any atom is -0.459 e. The Morgan fingerprint density at radius 2 is 1.95 bits per heavy atom. The number of thiophene rings is 1. The third-order valence-corrected chi connectivity index (χ3v) is 4.83. The van der Waals surface area contributed by atoms with Gasteiger partial charge in [-0.15, -0.1) is 11.3 Å². The molecule has 2 aromatic carbocycles. The average molecular weight is 293 g/mol. The van der Waals surface area contributed by atoms with Crippen molar-refractivity contribution in [2.24, 2.45) is 5.73 Å². The van der Waals surface area contributed by atoms with E-state index in [9.17, 15) is 0 Å². The molecule has 0 saturated carbocycles. The highest BCUT2D eigenvalue weighted by molar-refractivity contribution is 7.17. The number of benzene rings is 2. The standard InChI is InChI=1S/C18H15NOS/c1-11-6-7-15-12(8-11)9-16(20-15)18(19)14-10-21-17-5-3-2-4-13(14)17/h2-10,18H,19H2,1H3. The summed E-state index contributed by atoms with van der Waals surface area (Å²) < 4.78 is 7.20. The van der Waals surface area contributed by atoms with Crippen molar-refractivity contribution in [3.8, 4) is 0 Å². The van der Waals surface area contributed by atoms with Crippen LogP contribution in [0.1, 0.15) is 22.9 Å². The number of aryl methyl sites for hydroxylation is 1. The van der Waals surface area contributed by atoms with Crippen molar-refractivity contribution in [2.75, 3.05) is 0 Å². The topological polar surface area (TPSA) is 39.2 Å². The smallest absolute Gasteiger partial charge is 0.134 e. The summed E-state index contributed by atoms with van der Waals surface area (Å²) >= 11 is 1.72. The van der Waals surface area contributed by atoms with Crippen LogP contribution < -0.4 is 5.73 Å². The Kier molecular flexibility index (Phi) is 2.84. The molecule has 0 aliphatic heterocycles. The van der Waals surface area contributed by atoms with E-state index in [-0.39, 0.29) is 6.04 Å². The van der Waals surface area contributed by atoms with Crippen LogP contribution in [0.15, 0.2) is 58.3 Å².